The van der Waals surface area contributed by atoms with Gasteiger partial charge < -0.3 is 19.5 Å². The van der Waals surface area contributed by atoms with Crippen molar-refractivity contribution in [2.75, 3.05) is 13.7 Å². The van der Waals surface area contributed by atoms with Crippen molar-refractivity contribution in [2.24, 2.45) is 10.8 Å². The minimum Gasteiger partial charge on any atom is -0.493 e. The van der Waals surface area contributed by atoms with Crippen LogP contribution in [0.4, 0.5) is 18.9 Å². The average Bonchev–Trinajstić information content (AvgIpc) is 2.96. The van der Waals surface area contributed by atoms with E-state index >= 15 is 0 Å². The van der Waals surface area contributed by atoms with Crippen LogP contribution in [0.25, 0.3) is 0 Å². The number of halogens is 3. The highest BCUT2D eigenvalue weighted by Crippen LogP contribution is 2.55. The molecule has 2 aromatic carbocycles. The summed E-state index contributed by atoms with van der Waals surface area (Å²) in [5, 5.41) is 21.8. The number of alkyl halides is 3. The molecule has 1 aliphatic heterocycles. The third-order valence-electron chi connectivity index (χ3n) is 9.08. The van der Waals surface area contributed by atoms with Gasteiger partial charge in [0.15, 0.2) is 23.1 Å². The molecule has 10 nitrogen and oxygen atoms in total. The first-order chi connectivity index (χ1) is 22.8. The van der Waals surface area contributed by atoms with Gasteiger partial charge in [-0.05, 0) is 53.9 Å². The first kappa shape index (κ1) is 35.4. The smallest absolute Gasteiger partial charge is 0.416 e. The van der Waals surface area contributed by atoms with E-state index in [1.54, 1.807) is 17.0 Å². The molecule has 0 fully saturated rings. The number of ketones is 2. The highest BCUT2D eigenvalue weighted by Gasteiger charge is 2.49. The Morgan fingerprint density at radius 2 is 1.59 bits per heavy atom. The average molecular weight is 683 g/mol. The molecule has 0 bridgehead atoms. The zero-order valence-corrected chi connectivity index (χ0v) is 27.8. The summed E-state index contributed by atoms with van der Waals surface area (Å²) in [7, 11) is 1.32. The second-order valence-corrected chi connectivity index (χ2v) is 14.3. The first-order valence-corrected chi connectivity index (χ1v) is 15.6. The lowest BCUT2D eigenvalue weighted by Gasteiger charge is -2.48. The number of nitro groups is 1. The number of hydrogen-bond donors (Lipinski definition) is 1. The summed E-state index contributed by atoms with van der Waals surface area (Å²) < 4.78 is 51.8. The predicted molar refractivity (Wildman–Crippen MR) is 172 cm³/mol. The van der Waals surface area contributed by atoms with E-state index in [0.29, 0.717) is 58.6 Å². The molecule has 2 aliphatic carbocycles. The SMILES string of the molecule is C=CCc1cc(C2C3=C(CC(C)(C)CC3=O)N(CC(=O)O)C3=C2C(=O)CC(C)(C)C3)cc(OC)c1Oc1ccc(C(F)(F)F)cc1[N+](=O)[O-]. The molecule has 0 unspecified atom stereocenters. The number of benzene rings is 2. The standard InChI is InChI=1S/C36H37F3N2O8/c1-7-8-19-11-20(12-28(48-6)33(19)49-27-10-9-21(36(37,38)39)13-22(27)41(46)47)30-31-23(14-34(2,3)16-25(31)42)40(18-29(44)45)24-15-35(4,5)17-26(43)32(24)30/h7,9-13,30H,1,8,14-18H2,2-6H3,(H,44,45). The number of rotatable bonds is 9. The van der Waals surface area contributed by atoms with Crippen LogP contribution in [0.2, 0.25) is 0 Å². The maximum Gasteiger partial charge on any atom is 0.416 e. The summed E-state index contributed by atoms with van der Waals surface area (Å²) >= 11 is 0. The molecule has 0 radical (unpaired) electrons. The van der Waals surface area contributed by atoms with Crippen LogP contribution in [-0.4, -0.2) is 46.1 Å². The molecule has 0 saturated carbocycles. The fourth-order valence-corrected chi connectivity index (χ4v) is 7.16. The lowest BCUT2D eigenvalue weighted by molar-refractivity contribution is -0.385. The molecule has 1 N–H and O–H groups in total. The summed E-state index contributed by atoms with van der Waals surface area (Å²) in [6.07, 6.45) is -2.07. The van der Waals surface area contributed by atoms with Crippen LogP contribution in [0.1, 0.15) is 76.0 Å². The number of allylic oxidation sites excluding steroid dienone is 5. The zero-order chi connectivity index (χ0) is 36.2. The fourth-order valence-electron chi connectivity index (χ4n) is 7.16. The van der Waals surface area contributed by atoms with Crippen LogP contribution in [0, 0.1) is 20.9 Å². The number of carboxylic acid groups (broad SMARTS) is 1. The summed E-state index contributed by atoms with van der Waals surface area (Å²) in [6, 6.07) is 5.15. The van der Waals surface area contributed by atoms with E-state index in [2.05, 4.69) is 6.58 Å². The van der Waals surface area contributed by atoms with E-state index in [9.17, 15) is 42.8 Å². The largest absolute Gasteiger partial charge is 0.493 e. The van der Waals surface area contributed by atoms with Gasteiger partial charge in [0.25, 0.3) is 0 Å². The van der Waals surface area contributed by atoms with Crippen molar-refractivity contribution >= 4 is 23.2 Å². The molecule has 0 saturated heterocycles. The van der Waals surface area contributed by atoms with E-state index < -0.39 is 57.4 Å². The van der Waals surface area contributed by atoms with E-state index in [4.69, 9.17) is 9.47 Å². The minimum absolute atomic E-state index is 0.0204. The Hall–Kier alpha value is -4.94. The number of carbonyl (C=O) groups is 3. The highest BCUT2D eigenvalue weighted by molar-refractivity contribution is 6.07. The zero-order valence-electron chi connectivity index (χ0n) is 27.8. The van der Waals surface area contributed by atoms with E-state index in [1.807, 2.05) is 27.7 Å². The molecule has 260 valence electrons. The van der Waals surface area contributed by atoms with Gasteiger partial charge in [0.2, 0.25) is 5.75 Å². The Labute approximate surface area is 281 Å². The molecule has 5 rings (SSSR count). The van der Waals surface area contributed by atoms with Crippen molar-refractivity contribution < 1.29 is 47.1 Å². The second-order valence-electron chi connectivity index (χ2n) is 14.3. The second kappa shape index (κ2) is 12.5. The molecule has 0 aromatic heterocycles. The number of carbonyl (C=O) groups excluding carboxylic acids is 2. The quantitative estimate of drug-likeness (QED) is 0.159. The maximum atomic E-state index is 14.1. The number of hydrogen-bond acceptors (Lipinski definition) is 8. The van der Waals surface area contributed by atoms with E-state index in [-0.39, 0.29) is 42.3 Å². The molecule has 2 aromatic rings. The van der Waals surface area contributed by atoms with Crippen molar-refractivity contribution in [2.45, 2.75) is 71.9 Å². The Morgan fingerprint density at radius 3 is 2.06 bits per heavy atom. The summed E-state index contributed by atoms with van der Waals surface area (Å²) in [6.45, 7) is 11.1. The van der Waals surface area contributed by atoms with Gasteiger partial charge in [0.1, 0.15) is 6.54 Å². The lowest BCUT2D eigenvalue weighted by Crippen LogP contribution is -2.45. The van der Waals surface area contributed by atoms with E-state index in [1.165, 1.54) is 13.2 Å². The summed E-state index contributed by atoms with van der Waals surface area (Å²) in [5.74, 6) is -2.87. The van der Waals surface area contributed by atoms with Gasteiger partial charge in [-0.3, -0.25) is 24.5 Å². The van der Waals surface area contributed by atoms with E-state index in [0.717, 1.165) is 6.07 Å². The van der Waals surface area contributed by atoms with Crippen molar-refractivity contribution in [1.29, 1.82) is 0 Å². The number of carboxylic acids is 1. The van der Waals surface area contributed by atoms with Crippen molar-refractivity contribution in [3.8, 4) is 17.2 Å². The highest BCUT2D eigenvalue weighted by atomic mass is 19.4. The van der Waals surface area contributed by atoms with Crippen molar-refractivity contribution in [1.82, 2.24) is 4.90 Å². The Kier molecular flexibility index (Phi) is 9.02. The molecule has 0 atom stereocenters. The van der Waals surface area contributed by atoms with Crippen molar-refractivity contribution in [3.63, 3.8) is 0 Å². The van der Waals surface area contributed by atoms with Gasteiger partial charge in [-0.1, -0.05) is 39.8 Å². The first-order valence-electron chi connectivity index (χ1n) is 15.6. The number of nitro benzene ring substituents is 1. The normalized spacial score (nSPS) is 19.0. The molecule has 0 amide bonds. The number of aliphatic carboxylic acids is 1. The summed E-state index contributed by atoms with van der Waals surface area (Å²) in [5.41, 5.74) is -0.508. The monoisotopic (exact) mass is 682 g/mol. The van der Waals surface area contributed by atoms with Gasteiger partial charge in [0.05, 0.1) is 17.6 Å². The van der Waals surface area contributed by atoms with Crippen LogP contribution < -0.4 is 9.47 Å². The third kappa shape index (κ3) is 6.83. The van der Waals surface area contributed by atoms with Crippen LogP contribution in [0.15, 0.2) is 65.5 Å². The van der Waals surface area contributed by atoms with Gasteiger partial charge in [-0.15, -0.1) is 6.58 Å². The number of Topliss-reactive ketones (excluding diaryl/α,β-unsaturated/α-hetero) is 2. The molecule has 0 spiro atoms. The molecular weight excluding hydrogens is 645 g/mol. The fraction of sp³-hybridized carbons (Fsp3) is 0.417. The molecule has 3 aliphatic rings. The van der Waals surface area contributed by atoms with Gasteiger partial charge >= 0.3 is 17.8 Å². The Morgan fingerprint density at radius 1 is 1.02 bits per heavy atom. The van der Waals surface area contributed by atoms with Crippen LogP contribution in [0.3, 0.4) is 0 Å². The Balaban J connectivity index is 1.75. The van der Waals surface area contributed by atoms with Crippen LogP contribution in [-0.2, 0) is 27.0 Å². The van der Waals surface area contributed by atoms with Crippen LogP contribution in [0.5, 0.6) is 17.2 Å². The molecule has 49 heavy (non-hydrogen) atoms. The van der Waals surface area contributed by atoms with Gasteiger partial charge in [0, 0.05) is 52.9 Å². The number of nitrogens with zero attached hydrogens (tertiary/aromatic N) is 2. The predicted octanol–water partition coefficient (Wildman–Crippen LogP) is 7.91. The third-order valence-corrected chi connectivity index (χ3v) is 9.08. The Bertz CT molecular complexity index is 1800. The minimum atomic E-state index is -4.82. The molecule has 13 heteroatoms. The number of methoxy groups -OCH3 is 1. The van der Waals surface area contributed by atoms with Gasteiger partial charge in [-0.25, -0.2) is 0 Å². The number of ether oxygens (including phenoxy) is 2. The molecule has 1 heterocycles. The topological polar surface area (TPSA) is 136 Å². The lowest BCUT2D eigenvalue weighted by atomic mass is 9.63. The maximum absolute atomic E-state index is 14.1. The van der Waals surface area contributed by atoms with Crippen LogP contribution >= 0.6 is 0 Å². The van der Waals surface area contributed by atoms with Gasteiger partial charge in [-0.2, -0.15) is 13.2 Å². The molecular formula is C36H37F3N2O8. The van der Waals surface area contributed by atoms with Crippen molar-refractivity contribution in [3.05, 3.63) is 92.3 Å². The summed E-state index contributed by atoms with van der Waals surface area (Å²) in [4.78, 5) is 52.8.